The van der Waals surface area contributed by atoms with Crippen LogP contribution in [0.2, 0.25) is 5.02 Å². The molecule has 2 aromatic carbocycles. The van der Waals surface area contributed by atoms with Crippen LogP contribution in [0.15, 0.2) is 42.5 Å². The van der Waals surface area contributed by atoms with Crippen LogP contribution in [-0.2, 0) is 10.2 Å². The zero-order chi connectivity index (χ0) is 20.3. The number of carbonyl (C=O) groups is 2. The summed E-state index contributed by atoms with van der Waals surface area (Å²) in [5.74, 6) is 0.272. The summed E-state index contributed by atoms with van der Waals surface area (Å²) in [4.78, 5) is 27.6. The molecule has 2 aromatic rings. The molecule has 6 heteroatoms. The van der Waals surface area contributed by atoms with Gasteiger partial charge in [-0.15, -0.1) is 0 Å². The predicted octanol–water partition coefficient (Wildman–Crippen LogP) is 4.50. The highest BCUT2D eigenvalue weighted by atomic mass is 35.5. The molecule has 0 unspecified atom stereocenters. The molecule has 1 N–H and O–H groups in total. The summed E-state index contributed by atoms with van der Waals surface area (Å²) in [5, 5.41) is 3.56. The molecule has 5 nitrogen and oxygen atoms in total. The highest BCUT2D eigenvalue weighted by Crippen LogP contribution is 2.29. The van der Waals surface area contributed by atoms with E-state index in [1.54, 1.807) is 30.3 Å². The van der Waals surface area contributed by atoms with Crippen molar-refractivity contribution in [1.82, 2.24) is 4.90 Å². The van der Waals surface area contributed by atoms with Crippen LogP contribution in [0.1, 0.15) is 42.6 Å². The van der Waals surface area contributed by atoms with Crippen molar-refractivity contribution in [3.8, 4) is 5.75 Å². The number of likely N-dealkylation sites (tertiary alicyclic amines) is 1. The Hall–Kier alpha value is -2.53. The van der Waals surface area contributed by atoms with Crippen molar-refractivity contribution in [3.05, 3.63) is 58.6 Å². The maximum absolute atomic E-state index is 12.9. The van der Waals surface area contributed by atoms with E-state index in [-0.39, 0.29) is 11.8 Å². The molecule has 1 aliphatic heterocycles. The number of carbonyl (C=O) groups excluding carboxylic acids is 2. The van der Waals surface area contributed by atoms with Crippen molar-refractivity contribution in [2.75, 3.05) is 25.5 Å². The van der Waals surface area contributed by atoms with Gasteiger partial charge in [0.15, 0.2) is 0 Å². The number of halogens is 1. The number of benzene rings is 2. The van der Waals surface area contributed by atoms with Crippen LogP contribution in [0.4, 0.5) is 5.69 Å². The minimum Gasteiger partial charge on any atom is -0.496 e. The topological polar surface area (TPSA) is 58.6 Å². The zero-order valence-electron chi connectivity index (χ0n) is 16.4. The first-order valence-electron chi connectivity index (χ1n) is 9.38. The lowest BCUT2D eigenvalue weighted by Gasteiger charge is -2.25. The van der Waals surface area contributed by atoms with Gasteiger partial charge in [-0.3, -0.25) is 9.59 Å². The average Bonchev–Trinajstić information content (AvgIpc) is 3.22. The van der Waals surface area contributed by atoms with Gasteiger partial charge in [-0.25, -0.2) is 0 Å². The van der Waals surface area contributed by atoms with E-state index in [1.807, 2.05) is 30.9 Å². The van der Waals surface area contributed by atoms with Gasteiger partial charge in [-0.1, -0.05) is 23.7 Å². The molecule has 3 rings (SSSR count). The standard InChI is InChI=1S/C22H25ClN2O3/c1-22(2,15-6-8-16(23)9-7-15)21(27)24-17-10-11-19(28-3)18(14-17)20(26)25-12-4-5-13-25/h6-11,14H,4-5,12-13H2,1-3H3,(H,24,27). The first-order chi connectivity index (χ1) is 13.3. The summed E-state index contributed by atoms with van der Waals surface area (Å²) in [6.45, 7) is 5.21. The van der Waals surface area contributed by atoms with E-state index in [0.29, 0.717) is 22.0 Å². The molecule has 0 saturated carbocycles. The Balaban J connectivity index is 1.83. The Bertz CT molecular complexity index is 872. The Kier molecular flexibility index (Phi) is 5.94. The highest BCUT2D eigenvalue weighted by molar-refractivity contribution is 6.30. The molecule has 148 valence electrons. The van der Waals surface area contributed by atoms with E-state index in [9.17, 15) is 9.59 Å². The first kappa shape index (κ1) is 20.2. The third-order valence-electron chi connectivity index (χ3n) is 5.21. The number of ether oxygens (including phenoxy) is 1. The fourth-order valence-corrected chi connectivity index (χ4v) is 3.45. The summed E-state index contributed by atoms with van der Waals surface area (Å²) in [5.41, 5.74) is 1.13. The Morgan fingerprint density at radius 1 is 1.07 bits per heavy atom. The molecule has 28 heavy (non-hydrogen) atoms. The number of nitrogens with one attached hydrogen (secondary N) is 1. The molecule has 0 aliphatic carbocycles. The molecule has 0 atom stereocenters. The third-order valence-corrected chi connectivity index (χ3v) is 5.47. The lowest BCUT2D eigenvalue weighted by molar-refractivity contribution is -0.120. The van der Waals surface area contributed by atoms with Gasteiger partial charge in [-0.2, -0.15) is 0 Å². The molecular formula is C22H25ClN2O3. The van der Waals surface area contributed by atoms with Crippen LogP contribution in [0, 0.1) is 0 Å². The molecule has 1 fully saturated rings. The van der Waals surface area contributed by atoms with Gasteiger partial charge in [0.2, 0.25) is 5.91 Å². The maximum Gasteiger partial charge on any atom is 0.257 e. The fourth-order valence-electron chi connectivity index (χ4n) is 3.33. The van der Waals surface area contributed by atoms with E-state index in [4.69, 9.17) is 16.3 Å². The van der Waals surface area contributed by atoms with Crippen molar-refractivity contribution < 1.29 is 14.3 Å². The minimum absolute atomic E-state index is 0.0672. The van der Waals surface area contributed by atoms with Crippen LogP contribution in [0.5, 0.6) is 5.75 Å². The minimum atomic E-state index is -0.760. The van der Waals surface area contributed by atoms with Crippen LogP contribution < -0.4 is 10.1 Å². The number of amides is 2. The van der Waals surface area contributed by atoms with E-state index in [1.165, 1.54) is 7.11 Å². The summed E-state index contributed by atoms with van der Waals surface area (Å²) in [7, 11) is 1.54. The van der Waals surface area contributed by atoms with E-state index < -0.39 is 5.41 Å². The summed E-state index contributed by atoms with van der Waals surface area (Å²) in [6.07, 6.45) is 2.03. The lowest BCUT2D eigenvalue weighted by Crippen LogP contribution is -2.35. The van der Waals surface area contributed by atoms with Gasteiger partial charge in [0.1, 0.15) is 5.75 Å². The molecule has 0 aromatic heterocycles. The number of rotatable bonds is 5. The van der Waals surface area contributed by atoms with Crippen LogP contribution in [0.25, 0.3) is 0 Å². The van der Waals surface area contributed by atoms with Gasteiger partial charge >= 0.3 is 0 Å². The molecular weight excluding hydrogens is 376 g/mol. The SMILES string of the molecule is COc1ccc(NC(=O)C(C)(C)c2ccc(Cl)cc2)cc1C(=O)N1CCCC1. The number of hydrogen-bond acceptors (Lipinski definition) is 3. The van der Waals surface area contributed by atoms with E-state index >= 15 is 0 Å². The predicted molar refractivity (Wildman–Crippen MR) is 111 cm³/mol. The molecule has 0 spiro atoms. The molecule has 0 radical (unpaired) electrons. The van der Waals surface area contributed by atoms with Crippen molar-refractivity contribution in [3.63, 3.8) is 0 Å². The highest BCUT2D eigenvalue weighted by Gasteiger charge is 2.30. The lowest BCUT2D eigenvalue weighted by atomic mass is 9.83. The van der Waals surface area contributed by atoms with Crippen molar-refractivity contribution in [1.29, 1.82) is 0 Å². The van der Waals surface area contributed by atoms with Crippen molar-refractivity contribution in [2.45, 2.75) is 32.1 Å². The molecule has 1 aliphatic rings. The first-order valence-corrected chi connectivity index (χ1v) is 9.75. The molecule has 1 heterocycles. The van der Waals surface area contributed by atoms with Crippen LogP contribution >= 0.6 is 11.6 Å². The number of anilines is 1. The fraction of sp³-hybridized carbons (Fsp3) is 0.364. The number of nitrogens with zero attached hydrogens (tertiary/aromatic N) is 1. The largest absolute Gasteiger partial charge is 0.496 e. The third kappa shape index (κ3) is 4.14. The Morgan fingerprint density at radius 3 is 2.32 bits per heavy atom. The van der Waals surface area contributed by atoms with E-state index in [2.05, 4.69) is 5.32 Å². The van der Waals surface area contributed by atoms with Gasteiger partial charge in [0, 0.05) is 23.8 Å². The second-order valence-electron chi connectivity index (χ2n) is 7.50. The van der Waals surface area contributed by atoms with Crippen molar-refractivity contribution >= 4 is 29.1 Å². The van der Waals surface area contributed by atoms with Crippen LogP contribution in [0.3, 0.4) is 0 Å². The molecule has 0 bridgehead atoms. The Morgan fingerprint density at radius 2 is 1.71 bits per heavy atom. The van der Waals surface area contributed by atoms with Gasteiger partial charge < -0.3 is 15.0 Å². The van der Waals surface area contributed by atoms with Gasteiger partial charge in [-0.05, 0) is 62.6 Å². The zero-order valence-corrected chi connectivity index (χ0v) is 17.2. The van der Waals surface area contributed by atoms with Gasteiger partial charge in [0.05, 0.1) is 18.1 Å². The van der Waals surface area contributed by atoms with Crippen LogP contribution in [-0.4, -0.2) is 36.9 Å². The van der Waals surface area contributed by atoms with Gasteiger partial charge in [0.25, 0.3) is 5.91 Å². The summed E-state index contributed by atoms with van der Waals surface area (Å²) in [6, 6.07) is 12.4. The summed E-state index contributed by atoms with van der Waals surface area (Å²) >= 11 is 5.95. The second kappa shape index (κ2) is 8.23. The monoisotopic (exact) mass is 400 g/mol. The quantitative estimate of drug-likeness (QED) is 0.803. The van der Waals surface area contributed by atoms with Crippen molar-refractivity contribution in [2.24, 2.45) is 0 Å². The smallest absolute Gasteiger partial charge is 0.257 e. The maximum atomic E-state index is 12.9. The Labute approximate surface area is 170 Å². The second-order valence-corrected chi connectivity index (χ2v) is 7.94. The molecule has 2 amide bonds. The van der Waals surface area contributed by atoms with E-state index in [0.717, 1.165) is 31.5 Å². The molecule has 1 saturated heterocycles. The normalized spacial score (nSPS) is 14.1. The number of hydrogen-bond donors (Lipinski definition) is 1. The summed E-state index contributed by atoms with van der Waals surface area (Å²) < 4.78 is 5.36. The number of methoxy groups -OCH3 is 1. The average molecular weight is 401 g/mol.